The Labute approximate surface area is 74.2 Å². The number of nitrogens with one attached hydrogen (secondary N) is 1. The molecule has 4 nitrogen and oxygen atoms in total. The minimum atomic E-state index is 0.599. The lowest BCUT2D eigenvalue weighted by atomic mass is 10.6. The van der Waals surface area contributed by atoms with Crippen molar-refractivity contribution >= 4 is 11.6 Å². The maximum atomic E-state index is 5.81. The molecule has 12 heavy (non-hydrogen) atoms. The van der Waals surface area contributed by atoms with Gasteiger partial charge in [-0.1, -0.05) is 11.6 Å². The van der Waals surface area contributed by atoms with E-state index in [0.29, 0.717) is 5.15 Å². The zero-order valence-corrected chi connectivity index (χ0v) is 7.21. The zero-order valence-electron chi connectivity index (χ0n) is 6.45. The molecule has 0 fully saturated rings. The first-order chi connectivity index (χ1) is 5.79. The molecule has 0 bridgehead atoms. The lowest BCUT2D eigenvalue weighted by Crippen LogP contribution is -1.93. The number of H-pyrrole nitrogens is 1. The van der Waals surface area contributed by atoms with E-state index in [1.807, 2.05) is 7.05 Å². The molecule has 2 heterocycles. The second kappa shape index (κ2) is 2.64. The number of hydrogen-bond acceptors (Lipinski definition) is 2. The second-order valence-corrected chi connectivity index (χ2v) is 2.79. The molecule has 2 rings (SSSR count). The molecule has 0 atom stereocenters. The lowest BCUT2D eigenvalue weighted by Gasteiger charge is -1.97. The first-order valence-corrected chi connectivity index (χ1v) is 3.84. The molecule has 0 unspecified atom stereocenters. The Balaban J connectivity index is 2.55. The molecule has 0 radical (unpaired) electrons. The van der Waals surface area contributed by atoms with E-state index < -0.39 is 0 Å². The Morgan fingerprint density at radius 3 is 2.83 bits per heavy atom. The van der Waals surface area contributed by atoms with Gasteiger partial charge in [0, 0.05) is 19.4 Å². The Morgan fingerprint density at radius 1 is 1.50 bits per heavy atom. The van der Waals surface area contributed by atoms with Crippen molar-refractivity contribution < 1.29 is 0 Å². The number of hydrogen-bond donors (Lipinski definition) is 1. The largest absolute Gasteiger partial charge is 0.342 e. The molecule has 0 aliphatic heterocycles. The molecular weight excluding hydrogens is 176 g/mol. The predicted octanol–water partition coefficient (Wildman–Crippen LogP) is 1.46. The molecule has 62 valence electrons. The fraction of sp³-hybridized carbons (Fsp3) is 0.143. The van der Waals surface area contributed by atoms with Crippen LogP contribution in [0.5, 0.6) is 0 Å². The number of imidazole rings is 2. The smallest absolute Gasteiger partial charge is 0.177 e. The number of aromatic amines is 1. The zero-order chi connectivity index (χ0) is 8.55. The van der Waals surface area contributed by atoms with Gasteiger partial charge in [0.25, 0.3) is 0 Å². The van der Waals surface area contributed by atoms with E-state index in [1.54, 1.807) is 23.2 Å². The van der Waals surface area contributed by atoms with Crippen molar-refractivity contribution in [3.8, 4) is 11.6 Å². The molecule has 5 heteroatoms. The van der Waals surface area contributed by atoms with Crippen LogP contribution in [0.15, 0.2) is 18.6 Å². The van der Waals surface area contributed by atoms with Crippen molar-refractivity contribution in [2.45, 2.75) is 0 Å². The summed E-state index contributed by atoms with van der Waals surface area (Å²) < 4.78 is 1.76. The van der Waals surface area contributed by atoms with Crippen LogP contribution in [-0.4, -0.2) is 19.5 Å². The molecule has 0 saturated heterocycles. The highest BCUT2D eigenvalue weighted by molar-refractivity contribution is 6.29. The molecule has 0 aromatic carbocycles. The van der Waals surface area contributed by atoms with Gasteiger partial charge >= 0.3 is 0 Å². The summed E-state index contributed by atoms with van der Waals surface area (Å²) in [4.78, 5) is 11.1. The van der Waals surface area contributed by atoms with Gasteiger partial charge in [-0.15, -0.1) is 0 Å². The topological polar surface area (TPSA) is 46.5 Å². The van der Waals surface area contributed by atoms with Crippen molar-refractivity contribution in [2.75, 3.05) is 0 Å². The van der Waals surface area contributed by atoms with Crippen molar-refractivity contribution in [3.63, 3.8) is 0 Å². The fourth-order valence-corrected chi connectivity index (χ4v) is 1.13. The summed E-state index contributed by atoms with van der Waals surface area (Å²) >= 11 is 5.81. The number of halogens is 1. The third-order valence-electron chi connectivity index (χ3n) is 1.64. The molecule has 1 N–H and O–H groups in total. The summed E-state index contributed by atoms with van der Waals surface area (Å²) in [5, 5.41) is 0.599. The minimum Gasteiger partial charge on any atom is -0.342 e. The summed E-state index contributed by atoms with van der Waals surface area (Å²) in [6.07, 6.45) is 5.02. The van der Waals surface area contributed by atoms with Gasteiger partial charge in [0.15, 0.2) is 11.6 Å². The van der Waals surface area contributed by atoms with E-state index in [2.05, 4.69) is 15.0 Å². The summed E-state index contributed by atoms with van der Waals surface area (Å²) in [7, 11) is 1.84. The highest BCUT2D eigenvalue weighted by atomic mass is 35.5. The van der Waals surface area contributed by atoms with Crippen LogP contribution in [-0.2, 0) is 7.05 Å². The third kappa shape index (κ3) is 1.00. The van der Waals surface area contributed by atoms with Crippen molar-refractivity contribution in [2.24, 2.45) is 7.05 Å². The number of nitrogens with zero attached hydrogens (tertiary/aromatic N) is 3. The first-order valence-electron chi connectivity index (χ1n) is 3.46. The van der Waals surface area contributed by atoms with Gasteiger partial charge in [-0.2, -0.15) is 0 Å². The molecule has 2 aromatic heterocycles. The van der Waals surface area contributed by atoms with Gasteiger partial charge in [0.05, 0.1) is 6.20 Å². The van der Waals surface area contributed by atoms with Crippen LogP contribution in [0.1, 0.15) is 0 Å². The van der Waals surface area contributed by atoms with E-state index in [4.69, 9.17) is 11.6 Å². The average Bonchev–Trinajstić information content (AvgIpc) is 2.64. The standard InChI is InChI=1S/C7H7ClN4/c1-12-5(8)4-11-7(12)6-9-2-3-10-6/h2-4H,1H3,(H,9,10). The fourth-order valence-electron chi connectivity index (χ4n) is 0.996. The molecule has 2 aromatic rings. The molecule has 0 aliphatic rings. The van der Waals surface area contributed by atoms with Crippen molar-refractivity contribution in [3.05, 3.63) is 23.7 Å². The minimum absolute atomic E-state index is 0.599. The van der Waals surface area contributed by atoms with Crippen LogP contribution in [0.2, 0.25) is 5.15 Å². The van der Waals surface area contributed by atoms with Crippen LogP contribution in [0.25, 0.3) is 11.6 Å². The Morgan fingerprint density at radius 2 is 2.33 bits per heavy atom. The van der Waals surface area contributed by atoms with Gasteiger partial charge in [-0.25, -0.2) is 9.97 Å². The number of aromatic nitrogens is 4. The van der Waals surface area contributed by atoms with Gasteiger partial charge in [0.1, 0.15) is 5.15 Å². The third-order valence-corrected chi connectivity index (χ3v) is 1.99. The predicted molar refractivity (Wildman–Crippen MR) is 45.8 cm³/mol. The molecule has 0 spiro atoms. The van der Waals surface area contributed by atoms with Crippen LogP contribution in [0.3, 0.4) is 0 Å². The van der Waals surface area contributed by atoms with E-state index in [0.717, 1.165) is 11.6 Å². The maximum absolute atomic E-state index is 5.81. The monoisotopic (exact) mass is 182 g/mol. The molecule has 0 aliphatic carbocycles. The van der Waals surface area contributed by atoms with Gasteiger partial charge < -0.3 is 9.55 Å². The Kier molecular flexibility index (Phi) is 1.62. The molecule has 0 saturated carbocycles. The summed E-state index contributed by atoms with van der Waals surface area (Å²) in [6, 6.07) is 0. The van der Waals surface area contributed by atoms with E-state index in [1.165, 1.54) is 0 Å². The number of rotatable bonds is 1. The van der Waals surface area contributed by atoms with E-state index in [9.17, 15) is 0 Å². The summed E-state index contributed by atoms with van der Waals surface area (Å²) in [6.45, 7) is 0. The first kappa shape index (κ1) is 7.36. The SMILES string of the molecule is Cn1c(Cl)cnc1-c1ncc[nH]1. The highest BCUT2D eigenvalue weighted by Gasteiger charge is 2.07. The average molecular weight is 183 g/mol. The van der Waals surface area contributed by atoms with Gasteiger partial charge in [-0.3, -0.25) is 0 Å². The molecule has 0 amide bonds. The van der Waals surface area contributed by atoms with E-state index in [-0.39, 0.29) is 0 Å². The molecular formula is C7H7ClN4. The second-order valence-electron chi connectivity index (χ2n) is 2.40. The normalized spacial score (nSPS) is 10.5. The van der Waals surface area contributed by atoms with Crippen LogP contribution in [0.4, 0.5) is 0 Å². The quantitative estimate of drug-likeness (QED) is 0.726. The summed E-state index contributed by atoms with van der Waals surface area (Å²) in [5.41, 5.74) is 0. The van der Waals surface area contributed by atoms with Crippen LogP contribution >= 0.6 is 11.6 Å². The van der Waals surface area contributed by atoms with Gasteiger partial charge in [0.2, 0.25) is 0 Å². The summed E-state index contributed by atoms with van der Waals surface area (Å²) in [5.74, 6) is 1.47. The van der Waals surface area contributed by atoms with E-state index >= 15 is 0 Å². The Bertz CT molecular complexity index is 376. The highest BCUT2D eigenvalue weighted by Crippen LogP contribution is 2.16. The maximum Gasteiger partial charge on any atom is 0.177 e. The van der Waals surface area contributed by atoms with Crippen molar-refractivity contribution in [1.29, 1.82) is 0 Å². The van der Waals surface area contributed by atoms with Crippen molar-refractivity contribution in [1.82, 2.24) is 19.5 Å². The van der Waals surface area contributed by atoms with Crippen LogP contribution < -0.4 is 0 Å². The van der Waals surface area contributed by atoms with Crippen LogP contribution in [0, 0.1) is 0 Å². The Hall–Kier alpha value is -1.29. The van der Waals surface area contributed by atoms with Gasteiger partial charge in [-0.05, 0) is 0 Å². The lowest BCUT2D eigenvalue weighted by molar-refractivity contribution is 0.913.